The molecule has 0 amide bonds. The summed E-state index contributed by atoms with van der Waals surface area (Å²) >= 11 is 7.83. The number of likely N-dealkylation sites (tertiary alicyclic amines) is 1. The average Bonchev–Trinajstić information content (AvgIpc) is 2.87. The fraction of sp³-hybridized carbons (Fsp3) is 0.429. The Morgan fingerprint density at radius 3 is 2.92 bits per heavy atom. The summed E-state index contributed by atoms with van der Waals surface area (Å²) in [5.74, 6) is 1.01. The van der Waals surface area contributed by atoms with E-state index in [0.29, 0.717) is 24.2 Å². The van der Waals surface area contributed by atoms with Gasteiger partial charge in [0.25, 0.3) is 0 Å². The van der Waals surface area contributed by atoms with Crippen LogP contribution in [0.4, 0.5) is 4.39 Å². The lowest BCUT2D eigenvalue weighted by Crippen LogP contribution is -2.42. The number of pyridine rings is 1. The normalized spacial score (nSPS) is 19.3. The molecule has 0 radical (unpaired) electrons. The molecule has 5 nitrogen and oxygen atoms in total. The highest BCUT2D eigenvalue weighted by Gasteiger charge is 2.31. The van der Waals surface area contributed by atoms with Crippen LogP contribution in [0.2, 0.25) is 5.02 Å². The van der Waals surface area contributed by atoms with Gasteiger partial charge in [-0.1, -0.05) is 17.7 Å². The van der Waals surface area contributed by atoms with E-state index in [4.69, 9.17) is 16.3 Å². The van der Waals surface area contributed by atoms with E-state index in [-0.39, 0.29) is 18.3 Å². The zero-order chi connectivity index (χ0) is 25.5. The number of halogens is 2. The number of alkyl halides is 1. The summed E-state index contributed by atoms with van der Waals surface area (Å²) < 4.78 is 20.8. The van der Waals surface area contributed by atoms with Crippen LogP contribution < -0.4 is 4.74 Å². The van der Waals surface area contributed by atoms with E-state index >= 15 is 4.39 Å². The third kappa shape index (κ3) is 7.11. The lowest BCUT2D eigenvalue weighted by molar-refractivity contribution is -0.139. The van der Waals surface area contributed by atoms with Gasteiger partial charge in [-0.2, -0.15) is 0 Å². The Hall–Kier alpha value is -2.35. The highest BCUT2D eigenvalue weighted by molar-refractivity contribution is 7.99. The lowest BCUT2D eigenvalue weighted by atomic mass is 9.79. The van der Waals surface area contributed by atoms with Gasteiger partial charge in [-0.25, -0.2) is 4.39 Å². The number of methoxy groups -OCH3 is 1. The molecule has 0 bridgehead atoms. The quantitative estimate of drug-likeness (QED) is 0.272. The number of carboxylic acids is 1. The van der Waals surface area contributed by atoms with Gasteiger partial charge < -0.3 is 14.7 Å². The van der Waals surface area contributed by atoms with E-state index < -0.39 is 12.1 Å². The van der Waals surface area contributed by atoms with Crippen molar-refractivity contribution in [3.8, 4) is 5.75 Å². The van der Waals surface area contributed by atoms with Crippen LogP contribution in [-0.4, -0.2) is 53.5 Å². The fourth-order valence-electron chi connectivity index (χ4n) is 5.11. The Balaban J connectivity index is 1.34. The third-order valence-corrected chi connectivity index (χ3v) is 8.20. The number of nitrogens with zero attached hydrogens (tertiary/aromatic N) is 2. The van der Waals surface area contributed by atoms with E-state index in [9.17, 15) is 9.90 Å². The highest BCUT2D eigenvalue weighted by atomic mass is 35.5. The number of ether oxygens (including phenoxy) is 1. The van der Waals surface area contributed by atoms with Crippen LogP contribution in [0.5, 0.6) is 5.75 Å². The van der Waals surface area contributed by atoms with Crippen molar-refractivity contribution in [1.29, 1.82) is 0 Å². The molecular formula is C28H32ClFN2O3S. The minimum Gasteiger partial charge on any atom is -0.497 e. The minimum atomic E-state index is -1.14. The molecule has 4 rings (SSSR count). The van der Waals surface area contributed by atoms with Crippen LogP contribution in [0.15, 0.2) is 59.6 Å². The first-order chi connectivity index (χ1) is 17.4. The minimum absolute atomic E-state index is 0.0221. The SMILES string of the molecule is COc1ccc2nccc(C(F)CC[C@@H]3CCN(CCSc4cccc(Cl)c4)C[C@@H]3CC(=O)O)c2c1. The standard InChI is InChI=1S/C28H32ClFN2O3S/c1-35-22-6-8-27-25(17-22)24(9-11-31-27)26(30)7-5-19-10-12-32(18-20(19)15-28(33)34)13-14-36-23-4-2-3-21(29)16-23/h2-4,6,8-9,11,16-17,19-20,26H,5,7,10,12-15,18H2,1H3,(H,33,34)/t19-,20+,26?/m1/s1. The number of hydrogen-bond donors (Lipinski definition) is 1. The summed E-state index contributed by atoms with van der Waals surface area (Å²) in [6.45, 7) is 2.53. The molecule has 1 unspecified atom stereocenters. The van der Waals surface area contributed by atoms with Crippen molar-refractivity contribution in [1.82, 2.24) is 9.88 Å². The fourth-order valence-corrected chi connectivity index (χ4v) is 6.33. The van der Waals surface area contributed by atoms with Crippen molar-refractivity contribution < 1.29 is 19.0 Å². The van der Waals surface area contributed by atoms with Gasteiger partial charge in [-0.15, -0.1) is 11.8 Å². The van der Waals surface area contributed by atoms with Crippen molar-refractivity contribution in [2.24, 2.45) is 11.8 Å². The molecule has 1 aliphatic heterocycles. The molecule has 36 heavy (non-hydrogen) atoms. The second-order valence-electron chi connectivity index (χ2n) is 9.34. The molecule has 0 spiro atoms. The maximum Gasteiger partial charge on any atom is 0.303 e. The van der Waals surface area contributed by atoms with Gasteiger partial charge in [0.1, 0.15) is 11.9 Å². The number of aliphatic carboxylic acids is 1. The number of carboxylic acid groups (broad SMARTS) is 1. The van der Waals surface area contributed by atoms with E-state index in [0.717, 1.165) is 52.6 Å². The first-order valence-corrected chi connectivity index (χ1v) is 13.7. The molecule has 1 saturated heterocycles. The van der Waals surface area contributed by atoms with Crippen LogP contribution in [0.25, 0.3) is 10.9 Å². The molecule has 2 aromatic carbocycles. The monoisotopic (exact) mass is 530 g/mol. The van der Waals surface area contributed by atoms with Crippen molar-refractivity contribution in [3.05, 3.63) is 65.3 Å². The largest absolute Gasteiger partial charge is 0.497 e. The van der Waals surface area contributed by atoms with Crippen molar-refractivity contribution in [2.75, 3.05) is 32.5 Å². The molecule has 0 saturated carbocycles. The Morgan fingerprint density at radius 1 is 1.28 bits per heavy atom. The van der Waals surface area contributed by atoms with Gasteiger partial charge >= 0.3 is 5.97 Å². The van der Waals surface area contributed by atoms with Crippen molar-refractivity contribution >= 4 is 40.2 Å². The van der Waals surface area contributed by atoms with E-state index in [2.05, 4.69) is 9.88 Å². The van der Waals surface area contributed by atoms with Crippen LogP contribution in [0.1, 0.15) is 37.4 Å². The lowest BCUT2D eigenvalue weighted by Gasteiger charge is -2.38. The van der Waals surface area contributed by atoms with E-state index in [1.165, 1.54) is 0 Å². The Bertz CT molecular complexity index is 1180. The molecular weight excluding hydrogens is 499 g/mol. The Kier molecular flexibility index (Phi) is 9.46. The van der Waals surface area contributed by atoms with Gasteiger partial charge in [0, 0.05) is 46.8 Å². The molecule has 1 fully saturated rings. The first-order valence-electron chi connectivity index (χ1n) is 12.3. The summed E-state index contributed by atoms with van der Waals surface area (Å²) in [6.07, 6.45) is 2.54. The molecule has 8 heteroatoms. The summed E-state index contributed by atoms with van der Waals surface area (Å²) in [5.41, 5.74) is 1.35. The molecule has 1 aromatic heterocycles. The number of piperidine rings is 1. The van der Waals surface area contributed by atoms with Gasteiger partial charge in [-0.3, -0.25) is 9.78 Å². The number of benzene rings is 2. The van der Waals surface area contributed by atoms with Crippen molar-refractivity contribution in [3.63, 3.8) is 0 Å². The number of fused-ring (bicyclic) bond motifs is 1. The predicted octanol–water partition coefficient (Wildman–Crippen LogP) is 6.89. The third-order valence-electron chi connectivity index (χ3n) is 7.00. The first kappa shape index (κ1) is 26.7. The summed E-state index contributed by atoms with van der Waals surface area (Å²) in [5, 5.41) is 11.0. The zero-order valence-electron chi connectivity index (χ0n) is 20.4. The molecule has 1 aliphatic rings. The number of hydrogen-bond acceptors (Lipinski definition) is 5. The maximum atomic E-state index is 15.5. The van der Waals surface area contributed by atoms with Crippen LogP contribution in [0, 0.1) is 11.8 Å². The average molecular weight is 531 g/mol. The van der Waals surface area contributed by atoms with E-state index in [1.807, 2.05) is 42.5 Å². The van der Waals surface area contributed by atoms with Crippen LogP contribution >= 0.6 is 23.4 Å². The summed E-state index contributed by atoms with van der Waals surface area (Å²) in [6, 6.07) is 15.1. The number of aromatic nitrogens is 1. The topological polar surface area (TPSA) is 62.7 Å². The molecule has 3 aromatic rings. The molecule has 1 N–H and O–H groups in total. The number of carbonyl (C=O) groups is 1. The number of rotatable bonds is 11. The summed E-state index contributed by atoms with van der Waals surface area (Å²) in [4.78, 5) is 19.4. The molecule has 192 valence electrons. The van der Waals surface area contributed by atoms with Gasteiger partial charge in [0.2, 0.25) is 0 Å². The molecule has 0 aliphatic carbocycles. The van der Waals surface area contributed by atoms with Crippen molar-refractivity contribution in [2.45, 2.75) is 36.8 Å². The highest BCUT2D eigenvalue weighted by Crippen LogP contribution is 2.36. The maximum absolute atomic E-state index is 15.5. The zero-order valence-corrected chi connectivity index (χ0v) is 22.0. The Morgan fingerprint density at radius 2 is 2.14 bits per heavy atom. The molecule has 3 atom stereocenters. The Labute approximate surface area is 221 Å². The summed E-state index contributed by atoms with van der Waals surface area (Å²) in [7, 11) is 1.59. The predicted molar refractivity (Wildman–Crippen MR) is 144 cm³/mol. The smallest absolute Gasteiger partial charge is 0.303 e. The van der Waals surface area contributed by atoms with Gasteiger partial charge in [0.05, 0.1) is 12.6 Å². The second kappa shape index (κ2) is 12.7. The van der Waals surface area contributed by atoms with Crippen LogP contribution in [-0.2, 0) is 4.79 Å². The number of thioether (sulfide) groups is 1. The van der Waals surface area contributed by atoms with Gasteiger partial charge in [-0.05, 0) is 85.7 Å². The van der Waals surface area contributed by atoms with Gasteiger partial charge in [0.15, 0.2) is 0 Å². The van der Waals surface area contributed by atoms with E-state index in [1.54, 1.807) is 31.1 Å². The molecule has 2 heterocycles. The second-order valence-corrected chi connectivity index (χ2v) is 10.9. The van der Waals surface area contributed by atoms with Crippen LogP contribution in [0.3, 0.4) is 0 Å².